The van der Waals surface area contributed by atoms with Crippen molar-refractivity contribution in [2.75, 3.05) is 25.0 Å². The lowest BCUT2D eigenvalue weighted by Gasteiger charge is -2.22. The second-order valence-electron chi connectivity index (χ2n) is 8.84. The molecule has 33 heavy (non-hydrogen) atoms. The standard InChI is InChI=1S/C25H28N4O4/c1-16-9-11-18(12-10-16)25(3)23(32)29(24(33)27-25)15-21(30)26-20-8-6-7-19(17(20)2)22(31)28-13-4-5-14-28/h6-12H,4-5,13-15H2,1-3H3,(H,26,30)(H,27,33). The fourth-order valence-electron chi connectivity index (χ4n) is 4.35. The number of aryl methyl sites for hydroxylation is 1. The van der Waals surface area contributed by atoms with Crippen LogP contribution in [0.4, 0.5) is 10.5 Å². The number of carbonyl (C=O) groups excluding carboxylic acids is 4. The minimum Gasteiger partial charge on any atom is -0.339 e. The SMILES string of the molecule is Cc1ccc(C2(C)NC(=O)N(CC(=O)Nc3cccc(C(=O)N4CCCC4)c3C)C2=O)cc1. The third-order valence-electron chi connectivity index (χ3n) is 6.44. The number of benzene rings is 2. The summed E-state index contributed by atoms with van der Waals surface area (Å²) in [5.41, 5.74) is 2.14. The predicted molar refractivity (Wildman–Crippen MR) is 124 cm³/mol. The third kappa shape index (κ3) is 4.20. The highest BCUT2D eigenvalue weighted by Gasteiger charge is 2.49. The third-order valence-corrected chi connectivity index (χ3v) is 6.44. The number of anilines is 1. The number of nitrogens with one attached hydrogen (secondary N) is 2. The van der Waals surface area contributed by atoms with E-state index in [-0.39, 0.29) is 5.91 Å². The Labute approximate surface area is 192 Å². The van der Waals surface area contributed by atoms with Crippen LogP contribution in [0.1, 0.15) is 46.8 Å². The quantitative estimate of drug-likeness (QED) is 0.687. The summed E-state index contributed by atoms with van der Waals surface area (Å²) in [7, 11) is 0. The van der Waals surface area contributed by atoms with Gasteiger partial charge in [-0.15, -0.1) is 0 Å². The highest BCUT2D eigenvalue weighted by Crippen LogP contribution is 2.29. The highest BCUT2D eigenvalue weighted by molar-refractivity contribution is 6.10. The van der Waals surface area contributed by atoms with Crippen LogP contribution in [0.3, 0.4) is 0 Å². The van der Waals surface area contributed by atoms with E-state index in [1.54, 1.807) is 44.2 Å². The summed E-state index contributed by atoms with van der Waals surface area (Å²) < 4.78 is 0. The van der Waals surface area contributed by atoms with Gasteiger partial charge in [-0.25, -0.2) is 4.79 Å². The van der Waals surface area contributed by atoms with Crippen molar-refractivity contribution in [3.63, 3.8) is 0 Å². The Kier molecular flexibility index (Phi) is 5.93. The summed E-state index contributed by atoms with van der Waals surface area (Å²) in [6, 6.07) is 11.9. The topological polar surface area (TPSA) is 98.8 Å². The highest BCUT2D eigenvalue weighted by atomic mass is 16.2. The summed E-state index contributed by atoms with van der Waals surface area (Å²) in [5.74, 6) is -1.05. The molecule has 2 aromatic carbocycles. The Hall–Kier alpha value is -3.68. The van der Waals surface area contributed by atoms with Crippen molar-refractivity contribution in [3.05, 3.63) is 64.7 Å². The molecule has 5 amide bonds. The number of likely N-dealkylation sites (tertiary alicyclic amines) is 1. The fourth-order valence-corrected chi connectivity index (χ4v) is 4.35. The Morgan fingerprint density at radius 1 is 1.03 bits per heavy atom. The molecule has 2 aliphatic heterocycles. The van der Waals surface area contributed by atoms with Crippen molar-refractivity contribution in [1.82, 2.24) is 15.1 Å². The van der Waals surface area contributed by atoms with Crippen LogP contribution in [0.25, 0.3) is 0 Å². The molecule has 2 fully saturated rings. The first-order chi connectivity index (χ1) is 15.7. The number of urea groups is 1. The Balaban J connectivity index is 1.47. The van der Waals surface area contributed by atoms with Gasteiger partial charge in [0.15, 0.2) is 0 Å². The van der Waals surface area contributed by atoms with Crippen LogP contribution in [-0.4, -0.2) is 53.2 Å². The first-order valence-corrected chi connectivity index (χ1v) is 11.1. The van der Waals surface area contributed by atoms with Crippen LogP contribution in [0.2, 0.25) is 0 Å². The van der Waals surface area contributed by atoms with E-state index >= 15 is 0 Å². The van der Waals surface area contributed by atoms with Crippen LogP contribution in [0.15, 0.2) is 42.5 Å². The molecule has 2 aromatic rings. The van der Waals surface area contributed by atoms with E-state index in [0.29, 0.717) is 22.4 Å². The van der Waals surface area contributed by atoms with Gasteiger partial charge in [-0.2, -0.15) is 0 Å². The van der Waals surface area contributed by atoms with Gasteiger partial charge in [0.25, 0.3) is 11.8 Å². The van der Waals surface area contributed by atoms with Gasteiger partial charge < -0.3 is 15.5 Å². The largest absolute Gasteiger partial charge is 0.339 e. The zero-order valence-corrected chi connectivity index (χ0v) is 19.1. The number of hydrogen-bond acceptors (Lipinski definition) is 4. The molecule has 0 bridgehead atoms. The molecule has 2 saturated heterocycles. The molecule has 0 saturated carbocycles. The first kappa shape index (κ1) is 22.5. The smallest absolute Gasteiger partial charge is 0.325 e. The molecule has 8 nitrogen and oxygen atoms in total. The minimum atomic E-state index is -1.23. The number of nitrogens with zero attached hydrogens (tertiary/aromatic N) is 2. The van der Waals surface area contributed by atoms with E-state index in [2.05, 4.69) is 10.6 Å². The van der Waals surface area contributed by atoms with E-state index in [1.807, 2.05) is 24.0 Å². The van der Waals surface area contributed by atoms with Gasteiger partial charge in [0.2, 0.25) is 5.91 Å². The molecule has 0 aromatic heterocycles. The second-order valence-corrected chi connectivity index (χ2v) is 8.84. The van der Waals surface area contributed by atoms with Crippen LogP contribution < -0.4 is 10.6 Å². The van der Waals surface area contributed by atoms with Crippen LogP contribution in [0.5, 0.6) is 0 Å². The van der Waals surface area contributed by atoms with Crippen molar-refractivity contribution < 1.29 is 19.2 Å². The summed E-state index contributed by atoms with van der Waals surface area (Å²) in [4.78, 5) is 53.9. The summed E-state index contributed by atoms with van der Waals surface area (Å²) in [6.07, 6.45) is 1.99. The molecule has 0 radical (unpaired) electrons. The molecule has 1 atom stereocenters. The summed E-state index contributed by atoms with van der Waals surface area (Å²) in [6.45, 7) is 6.40. The van der Waals surface area contributed by atoms with Gasteiger partial charge >= 0.3 is 6.03 Å². The first-order valence-electron chi connectivity index (χ1n) is 11.1. The van der Waals surface area contributed by atoms with Crippen LogP contribution >= 0.6 is 0 Å². The lowest BCUT2D eigenvalue weighted by molar-refractivity contribution is -0.133. The molecule has 2 heterocycles. The zero-order chi connectivity index (χ0) is 23.8. The van der Waals surface area contributed by atoms with Crippen molar-refractivity contribution >= 4 is 29.4 Å². The molecular formula is C25H28N4O4. The van der Waals surface area contributed by atoms with Gasteiger partial charge in [0.1, 0.15) is 12.1 Å². The van der Waals surface area contributed by atoms with E-state index in [0.717, 1.165) is 36.4 Å². The lowest BCUT2D eigenvalue weighted by atomic mass is 9.91. The Bertz CT molecular complexity index is 1120. The summed E-state index contributed by atoms with van der Waals surface area (Å²) >= 11 is 0. The molecule has 2 N–H and O–H groups in total. The molecule has 172 valence electrons. The van der Waals surface area contributed by atoms with E-state index in [1.165, 1.54) is 0 Å². The lowest BCUT2D eigenvalue weighted by Crippen LogP contribution is -2.42. The molecule has 8 heteroatoms. The van der Waals surface area contributed by atoms with E-state index < -0.39 is 29.9 Å². The molecule has 2 aliphatic rings. The van der Waals surface area contributed by atoms with Crippen LogP contribution in [0, 0.1) is 13.8 Å². The van der Waals surface area contributed by atoms with Crippen molar-refractivity contribution in [2.45, 2.75) is 39.2 Å². The molecule has 0 spiro atoms. The van der Waals surface area contributed by atoms with Gasteiger partial charge in [0.05, 0.1) is 0 Å². The van der Waals surface area contributed by atoms with Crippen molar-refractivity contribution in [2.24, 2.45) is 0 Å². The zero-order valence-electron chi connectivity index (χ0n) is 19.1. The molecule has 1 unspecified atom stereocenters. The van der Waals surface area contributed by atoms with Gasteiger partial charge in [-0.3, -0.25) is 19.3 Å². The number of amides is 5. The van der Waals surface area contributed by atoms with E-state index in [9.17, 15) is 19.2 Å². The fraction of sp³-hybridized carbons (Fsp3) is 0.360. The second kappa shape index (κ2) is 8.69. The van der Waals surface area contributed by atoms with Gasteiger partial charge in [0, 0.05) is 24.3 Å². The van der Waals surface area contributed by atoms with Crippen molar-refractivity contribution in [3.8, 4) is 0 Å². The van der Waals surface area contributed by atoms with Crippen molar-refractivity contribution in [1.29, 1.82) is 0 Å². The molecular weight excluding hydrogens is 420 g/mol. The van der Waals surface area contributed by atoms with Gasteiger partial charge in [-0.05, 0) is 56.9 Å². The Morgan fingerprint density at radius 3 is 2.36 bits per heavy atom. The average molecular weight is 449 g/mol. The predicted octanol–water partition coefficient (Wildman–Crippen LogP) is 2.95. The number of hydrogen-bond donors (Lipinski definition) is 2. The average Bonchev–Trinajstić information content (AvgIpc) is 3.39. The Morgan fingerprint density at radius 2 is 1.70 bits per heavy atom. The minimum absolute atomic E-state index is 0.0518. The monoisotopic (exact) mass is 448 g/mol. The van der Waals surface area contributed by atoms with E-state index in [4.69, 9.17) is 0 Å². The van der Waals surface area contributed by atoms with Crippen LogP contribution in [-0.2, 0) is 15.1 Å². The number of imide groups is 1. The number of rotatable bonds is 5. The maximum absolute atomic E-state index is 13.1. The maximum Gasteiger partial charge on any atom is 0.325 e. The normalized spacial score (nSPS) is 20.2. The van der Waals surface area contributed by atoms with Gasteiger partial charge in [-0.1, -0.05) is 35.9 Å². The molecule has 0 aliphatic carbocycles. The summed E-state index contributed by atoms with van der Waals surface area (Å²) in [5, 5.41) is 5.46. The molecule has 4 rings (SSSR count). The maximum atomic E-state index is 13.1. The number of carbonyl (C=O) groups is 4.